The van der Waals surface area contributed by atoms with Gasteiger partial charge in [-0.3, -0.25) is 19.2 Å². The average Bonchev–Trinajstić information content (AvgIpc) is 1.54. The molecule has 36 heteroatoms. The molecule has 504 valence electrons. The van der Waals surface area contributed by atoms with Gasteiger partial charge in [0, 0.05) is 65.8 Å². The number of ether oxygens (including phenoxy) is 10. The highest BCUT2D eigenvalue weighted by molar-refractivity contribution is 7.31. The Kier molecular flexibility index (Phi) is 21.0. The van der Waals surface area contributed by atoms with Gasteiger partial charge >= 0.3 is 24.1 Å². The maximum atomic E-state index is 14.1. The van der Waals surface area contributed by atoms with E-state index in [1.54, 1.807) is 47.0 Å². The summed E-state index contributed by atoms with van der Waals surface area (Å²) in [6.07, 6.45) is 1.69. The Morgan fingerprint density at radius 1 is 0.625 bits per heavy atom. The highest BCUT2D eigenvalue weighted by atomic mass is 31.1. The number of carbonyl (C=O) groups is 4. The molecule has 0 saturated carbocycles. The van der Waals surface area contributed by atoms with Crippen molar-refractivity contribution < 1.29 is 91.1 Å². The monoisotopic (exact) mass is 1370 g/mol. The molecular weight excluding hydrogens is 1300 g/mol. The van der Waals surface area contributed by atoms with Crippen LogP contribution in [0.3, 0.4) is 0 Å². The predicted octanol–water partition coefficient (Wildman–Crippen LogP) is 6.37. The summed E-state index contributed by atoms with van der Waals surface area (Å²) in [6.45, 7) is 0.956. The summed E-state index contributed by atoms with van der Waals surface area (Å²) in [5.41, 5.74) is 3.81. The van der Waals surface area contributed by atoms with Crippen LogP contribution in [0.15, 0.2) is 75.0 Å². The fourth-order valence-corrected chi connectivity index (χ4v) is 11.5. The zero-order chi connectivity index (χ0) is 68.6. The second-order valence-electron chi connectivity index (χ2n) is 21.0. The smallest absolute Gasteiger partial charge is 0.493 e. The number of aliphatic hydroxyl groups excluding tert-OH is 2. The van der Waals surface area contributed by atoms with Crippen LogP contribution in [-0.4, -0.2) is 158 Å². The minimum atomic E-state index is -0.915. The Morgan fingerprint density at radius 2 is 1.05 bits per heavy atom. The second kappa shape index (κ2) is 29.7. The van der Waals surface area contributed by atoms with E-state index in [1.165, 1.54) is 79.6 Å². The van der Waals surface area contributed by atoms with E-state index in [0.717, 1.165) is 0 Å². The van der Waals surface area contributed by atoms with E-state index in [-0.39, 0.29) is 109 Å². The fourth-order valence-electron chi connectivity index (χ4n) is 11.2. The van der Waals surface area contributed by atoms with Crippen LogP contribution in [0.1, 0.15) is 56.1 Å². The number of aliphatic hydroxyl groups is 2. The third-order valence-electron chi connectivity index (χ3n) is 15.8. The van der Waals surface area contributed by atoms with Gasteiger partial charge in [0.25, 0.3) is 19.7 Å². The minimum absolute atomic E-state index is 0.00900. The van der Waals surface area contributed by atoms with Gasteiger partial charge in [-0.2, -0.15) is 0 Å². The van der Waals surface area contributed by atoms with Gasteiger partial charge in [0.15, 0.2) is 82.2 Å². The number of benzene rings is 4. The third-order valence-corrected chi connectivity index (χ3v) is 16.4. The summed E-state index contributed by atoms with van der Waals surface area (Å²) >= 11 is 0. The van der Waals surface area contributed by atoms with Gasteiger partial charge < -0.3 is 102 Å². The van der Waals surface area contributed by atoms with E-state index in [0.29, 0.717) is 144 Å². The maximum Gasteiger partial charge on any atom is 0.518 e. The molecule has 96 heavy (non-hydrogen) atoms. The van der Waals surface area contributed by atoms with Crippen LogP contribution in [0, 0.1) is 20.2 Å². The van der Waals surface area contributed by atoms with Gasteiger partial charge in [-0.15, -0.1) is 0 Å². The number of rotatable bonds is 23. The standard InChI is InChI=1S/C30H29N5O11.C24H24N2O7.C6H8N4O5P2/c1-32-16(13-31-29(32)35(40)41)14-44-30(39)33(7-8-36)5-4-6-34-26-18-10-23-24(46-15-45-23)11-19(18)27(37)25(26)17-9-21(42-2)22(43-3)12-20(17)28(34)38;1-30-17-8-13-16(11-18(17)31-2)24(29)26(6-3-4-25-5-7-27)22-14-9-19-20(33-12-32-19)10-15(14)23(28)21(13)22;1-9-4(2-7-5(9)10(12)13)3-14-6(11)15-17-8-16/h9-13,36H,4-8,14-15H2,1-3H3;8-11,25,27H,3-7,12H2,1-2H3;2H,3,16H2,1H3. The van der Waals surface area contributed by atoms with Crippen LogP contribution in [0.25, 0.3) is 44.1 Å². The molecule has 1 unspecified atom stereocenters. The zero-order valence-electron chi connectivity index (χ0n) is 52.1. The molecule has 4 aromatic heterocycles. The van der Waals surface area contributed by atoms with E-state index >= 15 is 0 Å². The van der Waals surface area contributed by atoms with Gasteiger partial charge in [-0.05, 0) is 87.2 Å². The van der Waals surface area contributed by atoms with Crippen molar-refractivity contribution in [2.75, 3.05) is 81.4 Å². The number of nitrogens with one attached hydrogen (secondary N) is 1. The summed E-state index contributed by atoms with van der Waals surface area (Å²) in [5, 5.41) is 44.8. The van der Waals surface area contributed by atoms with Gasteiger partial charge in [0.05, 0.1) is 89.0 Å². The largest absolute Gasteiger partial charge is 0.518 e. The molecule has 4 aliphatic rings. The molecular formula is C60H61N11O23P2. The predicted molar refractivity (Wildman–Crippen MR) is 341 cm³/mol. The van der Waals surface area contributed by atoms with Gasteiger partial charge in [-0.25, -0.2) is 23.2 Å². The molecule has 4 aromatic carbocycles. The number of pyridine rings is 2. The SMILES string of the molecule is COc1cc2c3c(n(CCCN(CCO)C(=O)OCc4cnc([N+](=O)[O-])n4C)c(=O)c2cc1OC)-c1cc2c(cc1C3=O)OCO2.COc1cc2c3c(n(CCCNCCO)c(=O)c2cc1OC)-c1cc2c(cc1C3=O)OCO2.Cn1c(COC(=O)OP=NP)cnc1[N+](=O)[O-]. The lowest BCUT2D eigenvalue weighted by atomic mass is 10.0. The van der Waals surface area contributed by atoms with E-state index in [9.17, 15) is 54.1 Å². The second-order valence-corrected chi connectivity index (χ2v) is 22.3. The number of methoxy groups -OCH3 is 4. The first-order chi connectivity index (χ1) is 46.3. The van der Waals surface area contributed by atoms with Crippen LogP contribution in [0.5, 0.6) is 46.0 Å². The minimum Gasteiger partial charge on any atom is -0.493 e. The Bertz CT molecular complexity index is 4580. The van der Waals surface area contributed by atoms with Crippen LogP contribution < -0.4 is 54.3 Å². The molecule has 0 spiro atoms. The molecule has 2 aliphatic heterocycles. The summed E-state index contributed by atoms with van der Waals surface area (Å²) in [5.74, 6) is 2.27. The van der Waals surface area contributed by atoms with Crippen LogP contribution >= 0.6 is 18.0 Å². The molecule has 1 atom stereocenters. The first-order valence-corrected chi connectivity index (χ1v) is 30.3. The number of ketones is 2. The lowest BCUT2D eigenvalue weighted by Crippen LogP contribution is -2.36. The van der Waals surface area contributed by atoms with E-state index in [2.05, 4.69) is 29.1 Å². The number of amides is 1. The molecule has 3 N–H and O–H groups in total. The molecule has 34 nitrogen and oxygen atoms in total. The highest BCUT2D eigenvalue weighted by Gasteiger charge is 2.38. The highest BCUT2D eigenvalue weighted by Crippen LogP contribution is 2.49. The molecule has 0 bridgehead atoms. The van der Waals surface area contributed by atoms with E-state index in [4.69, 9.17) is 47.7 Å². The maximum absolute atomic E-state index is 14.1. The van der Waals surface area contributed by atoms with Crippen molar-refractivity contribution in [3.05, 3.63) is 136 Å². The zero-order valence-corrected chi connectivity index (χ0v) is 54.2. The van der Waals surface area contributed by atoms with Crippen molar-refractivity contribution >= 4 is 75.2 Å². The number of fused-ring (bicyclic) bond motifs is 12. The summed E-state index contributed by atoms with van der Waals surface area (Å²) < 4.78 is 67.3. The first-order valence-electron chi connectivity index (χ1n) is 29.0. The molecule has 6 heterocycles. The topological polar surface area (TPSA) is 404 Å². The lowest BCUT2D eigenvalue weighted by molar-refractivity contribution is -0.396. The van der Waals surface area contributed by atoms with Gasteiger partial charge in [0.1, 0.15) is 12.4 Å². The van der Waals surface area contributed by atoms with Crippen molar-refractivity contribution in [3.63, 3.8) is 0 Å². The van der Waals surface area contributed by atoms with Crippen LogP contribution in [0.4, 0.5) is 21.5 Å². The molecule has 0 saturated heterocycles. The summed E-state index contributed by atoms with van der Waals surface area (Å²) in [4.78, 5) is 108. The first kappa shape index (κ1) is 68.1. The van der Waals surface area contributed by atoms with Gasteiger partial charge in [-0.1, -0.05) is 9.97 Å². The third kappa shape index (κ3) is 13.4. The normalized spacial score (nSPS) is 12.5. The molecule has 0 radical (unpaired) electrons. The van der Waals surface area contributed by atoms with Crippen molar-refractivity contribution in [2.45, 2.75) is 39.1 Å². The number of imidazole rings is 2. The Morgan fingerprint density at radius 3 is 1.46 bits per heavy atom. The van der Waals surface area contributed by atoms with Crippen molar-refractivity contribution in [3.8, 4) is 68.5 Å². The quantitative estimate of drug-likeness (QED) is 0.0206. The molecule has 12 rings (SSSR count). The number of hydrogen-bond donors (Lipinski definition) is 3. The lowest BCUT2D eigenvalue weighted by Gasteiger charge is -2.22. The Hall–Kier alpha value is -10.8. The summed E-state index contributed by atoms with van der Waals surface area (Å²) in [7, 11) is 10.9. The Balaban J connectivity index is 0.000000174. The molecule has 0 fully saturated rings. The Labute approximate surface area is 546 Å². The van der Waals surface area contributed by atoms with Crippen LogP contribution in [-0.2, 0) is 54.4 Å². The van der Waals surface area contributed by atoms with Gasteiger partial charge in [0.2, 0.25) is 13.6 Å². The van der Waals surface area contributed by atoms with E-state index in [1.807, 2.05) is 9.39 Å². The van der Waals surface area contributed by atoms with E-state index < -0.39 is 28.0 Å². The molecule has 8 aromatic rings. The molecule has 1 amide bonds. The number of carbonyl (C=O) groups excluding carboxylic acids is 4. The van der Waals surface area contributed by atoms with Crippen molar-refractivity contribution in [2.24, 2.45) is 18.6 Å². The van der Waals surface area contributed by atoms with Crippen molar-refractivity contribution in [1.29, 1.82) is 0 Å². The van der Waals surface area contributed by atoms with Crippen molar-refractivity contribution in [1.82, 2.24) is 38.5 Å². The number of nitro groups is 2. The molecule has 2 aliphatic carbocycles. The number of hydrogen-bond acceptors (Lipinski definition) is 27. The van der Waals surface area contributed by atoms with Crippen LogP contribution in [0.2, 0.25) is 0 Å². The average molecular weight is 1370 g/mol. The fraction of sp³-hybridized carbons (Fsp3) is 0.333. The summed E-state index contributed by atoms with van der Waals surface area (Å²) in [6, 6.07) is 13.2. The number of nitrogens with zero attached hydrogens (tertiary/aromatic N) is 10. The number of aromatic nitrogens is 6.